The van der Waals surface area contributed by atoms with Gasteiger partial charge < -0.3 is 10.1 Å². The molecule has 0 saturated carbocycles. The highest BCUT2D eigenvalue weighted by Crippen LogP contribution is 2.43. The number of carbonyl (C=O) groups excluding carboxylic acids is 1. The van der Waals surface area contributed by atoms with Crippen LogP contribution in [0.25, 0.3) is 0 Å². The van der Waals surface area contributed by atoms with Crippen LogP contribution in [0.15, 0.2) is 24.3 Å². The number of fused-ring (bicyclic) bond motifs is 1. The molecule has 0 fully saturated rings. The maximum absolute atomic E-state index is 12.1. The van der Waals surface area contributed by atoms with Crippen molar-refractivity contribution in [1.82, 2.24) is 10.6 Å². The van der Waals surface area contributed by atoms with Gasteiger partial charge in [-0.1, -0.05) is 32.0 Å². The summed E-state index contributed by atoms with van der Waals surface area (Å²) >= 11 is 0. The topological polar surface area (TPSA) is 50.4 Å². The van der Waals surface area contributed by atoms with Crippen LogP contribution in [-0.2, 0) is 4.79 Å². The molecule has 1 aliphatic rings. The molecule has 4 heteroatoms. The number of carbonyl (C=O) groups is 1. The summed E-state index contributed by atoms with van der Waals surface area (Å²) in [7, 11) is 1.68. The highest BCUT2D eigenvalue weighted by atomic mass is 16.5. The van der Waals surface area contributed by atoms with Crippen molar-refractivity contribution in [2.45, 2.75) is 51.8 Å². The van der Waals surface area contributed by atoms with E-state index in [9.17, 15) is 4.79 Å². The van der Waals surface area contributed by atoms with E-state index in [1.807, 2.05) is 18.2 Å². The Balaban J connectivity index is 2.24. The highest BCUT2D eigenvalue weighted by Gasteiger charge is 2.42. The molecule has 2 unspecified atom stereocenters. The van der Waals surface area contributed by atoms with Crippen LogP contribution < -0.4 is 15.4 Å². The van der Waals surface area contributed by atoms with Crippen molar-refractivity contribution in [1.29, 1.82) is 0 Å². The molecule has 0 bridgehead atoms. The predicted octanol–water partition coefficient (Wildman–Crippen LogP) is 2.65. The van der Waals surface area contributed by atoms with E-state index in [1.54, 1.807) is 7.05 Å². The monoisotopic (exact) mass is 290 g/mol. The standard InChI is InChI=1S/C17H26N2O2/c1-11(2)10-13(16(20)18-5)19-15-12-8-6-7-9-14(12)21-17(15,3)4/h6-9,11,13,15,19H,10H2,1-5H3,(H,18,20). The second-order valence-corrected chi connectivity index (χ2v) is 6.64. The lowest BCUT2D eigenvalue weighted by Crippen LogP contribution is -2.50. The Bertz CT molecular complexity index is 511. The number of hydrogen-bond acceptors (Lipinski definition) is 3. The van der Waals surface area contributed by atoms with E-state index in [-0.39, 0.29) is 23.6 Å². The number of rotatable bonds is 5. The van der Waals surface area contributed by atoms with Crippen LogP contribution in [-0.4, -0.2) is 24.6 Å². The molecule has 116 valence electrons. The smallest absolute Gasteiger partial charge is 0.236 e. The zero-order valence-electron chi connectivity index (χ0n) is 13.6. The first-order valence-electron chi connectivity index (χ1n) is 7.60. The molecule has 21 heavy (non-hydrogen) atoms. The predicted molar refractivity (Wildman–Crippen MR) is 84.3 cm³/mol. The summed E-state index contributed by atoms with van der Waals surface area (Å²) in [6.45, 7) is 8.37. The third-order valence-electron chi connectivity index (χ3n) is 3.94. The molecule has 1 heterocycles. The lowest BCUT2D eigenvalue weighted by molar-refractivity contribution is -0.123. The number of ether oxygens (including phenoxy) is 1. The molecule has 1 amide bonds. The summed E-state index contributed by atoms with van der Waals surface area (Å²) in [6.07, 6.45) is 0.800. The van der Waals surface area contributed by atoms with Gasteiger partial charge in [-0.05, 0) is 32.3 Å². The van der Waals surface area contributed by atoms with Crippen molar-refractivity contribution in [3.8, 4) is 5.75 Å². The number of likely N-dealkylation sites (N-methyl/N-ethyl adjacent to an activating group) is 1. The first-order valence-corrected chi connectivity index (χ1v) is 7.60. The van der Waals surface area contributed by atoms with Gasteiger partial charge >= 0.3 is 0 Å². The molecule has 2 N–H and O–H groups in total. The Morgan fingerprint density at radius 1 is 1.33 bits per heavy atom. The van der Waals surface area contributed by atoms with Gasteiger partial charge in [0.15, 0.2) is 0 Å². The van der Waals surface area contributed by atoms with Crippen LogP contribution in [0.4, 0.5) is 0 Å². The third kappa shape index (κ3) is 3.38. The molecule has 0 aromatic heterocycles. The molecule has 1 aromatic carbocycles. The Kier molecular flexibility index (Phi) is 4.57. The van der Waals surface area contributed by atoms with Crippen LogP contribution in [0.3, 0.4) is 0 Å². The minimum Gasteiger partial charge on any atom is -0.486 e. The van der Waals surface area contributed by atoms with Crippen molar-refractivity contribution in [3.05, 3.63) is 29.8 Å². The van der Waals surface area contributed by atoms with E-state index in [1.165, 1.54) is 0 Å². The molecule has 1 aliphatic heterocycles. The fraction of sp³-hybridized carbons (Fsp3) is 0.588. The zero-order valence-corrected chi connectivity index (χ0v) is 13.6. The summed E-state index contributed by atoms with van der Waals surface area (Å²) < 4.78 is 6.03. The van der Waals surface area contributed by atoms with Gasteiger partial charge in [-0.3, -0.25) is 10.1 Å². The Labute approximate surface area is 127 Å². The van der Waals surface area contributed by atoms with Gasteiger partial charge in [-0.2, -0.15) is 0 Å². The molecule has 0 spiro atoms. The molecule has 2 atom stereocenters. The Hall–Kier alpha value is -1.55. The Morgan fingerprint density at radius 3 is 2.62 bits per heavy atom. The summed E-state index contributed by atoms with van der Waals surface area (Å²) in [5.74, 6) is 1.38. The Morgan fingerprint density at radius 2 is 2.00 bits per heavy atom. The minimum atomic E-state index is -0.368. The van der Waals surface area contributed by atoms with E-state index in [4.69, 9.17) is 4.74 Å². The average Bonchev–Trinajstić information content (AvgIpc) is 2.67. The van der Waals surface area contributed by atoms with Gasteiger partial charge in [0.2, 0.25) is 5.91 Å². The van der Waals surface area contributed by atoms with Crippen molar-refractivity contribution in [2.24, 2.45) is 5.92 Å². The second-order valence-electron chi connectivity index (χ2n) is 6.64. The molecule has 0 radical (unpaired) electrons. The van der Waals surface area contributed by atoms with E-state index >= 15 is 0 Å². The molecule has 2 rings (SSSR count). The summed E-state index contributed by atoms with van der Waals surface area (Å²) in [4.78, 5) is 12.1. The number of benzene rings is 1. The lowest BCUT2D eigenvalue weighted by Gasteiger charge is -2.31. The maximum Gasteiger partial charge on any atom is 0.236 e. The average molecular weight is 290 g/mol. The summed E-state index contributed by atoms with van der Waals surface area (Å²) in [5, 5.41) is 6.26. The van der Waals surface area contributed by atoms with Crippen molar-refractivity contribution in [3.63, 3.8) is 0 Å². The van der Waals surface area contributed by atoms with Crippen LogP contribution in [0.5, 0.6) is 5.75 Å². The van der Waals surface area contributed by atoms with Gasteiger partial charge in [0.1, 0.15) is 11.4 Å². The first-order chi connectivity index (χ1) is 9.85. The van der Waals surface area contributed by atoms with E-state index in [2.05, 4.69) is 44.4 Å². The van der Waals surface area contributed by atoms with Gasteiger partial charge in [-0.15, -0.1) is 0 Å². The first kappa shape index (κ1) is 15.8. The van der Waals surface area contributed by atoms with E-state index < -0.39 is 0 Å². The van der Waals surface area contributed by atoms with E-state index in [0.717, 1.165) is 17.7 Å². The van der Waals surface area contributed by atoms with Gasteiger partial charge in [0.25, 0.3) is 0 Å². The SMILES string of the molecule is CNC(=O)C(CC(C)C)NC1c2ccccc2OC1(C)C. The lowest BCUT2D eigenvalue weighted by atomic mass is 9.92. The number of nitrogens with one attached hydrogen (secondary N) is 2. The van der Waals surface area contributed by atoms with Crippen molar-refractivity contribution >= 4 is 5.91 Å². The van der Waals surface area contributed by atoms with Gasteiger partial charge in [-0.25, -0.2) is 0 Å². The molecule has 4 nitrogen and oxygen atoms in total. The largest absolute Gasteiger partial charge is 0.486 e. The normalized spacial score (nSPS) is 20.8. The molecular weight excluding hydrogens is 264 g/mol. The minimum absolute atomic E-state index is 0.00903. The zero-order chi connectivity index (χ0) is 15.6. The van der Waals surface area contributed by atoms with Crippen LogP contribution in [0.1, 0.15) is 45.7 Å². The second kappa shape index (κ2) is 6.06. The molecule has 1 aromatic rings. The molecule has 0 aliphatic carbocycles. The molecule has 0 saturated heterocycles. The quantitative estimate of drug-likeness (QED) is 0.876. The maximum atomic E-state index is 12.1. The van der Waals surface area contributed by atoms with Crippen molar-refractivity contribution in [2.75, 3.05) is 7.05 Å². The van der Waals surface area contributed by atoms with Crippen LogP contribution in [0, 0.1) is 5.92 Å². The highest BCUT2D eigenvalue weighted by molar-refractivity contribution is 5.81. The summed E-state index contributed by atoms with van der Waals surface area (Å²) in [6, 6.07) is 7.83. The number of hydrogen-bond donors (Lipinski definition) is 2. The number of para-hydroxylation sites is 1. The van der Waals surface area contributed by atoms with Gasteiger partial charge in [0.05, 0.1) is 12.1 Å². The van der Waals surface area contributed by atoms with E-state index in [0.29, 0.717) is 5.92 Å². The third-order valence-corrected chi connectivity index (χ3v) is 3.94. The van der Waals surface area contributed by atoms with Crippen molar-refractivity contribution < 1.29 is 9.53 Å². The van der Waals surface area contributed by atoms with Crippen LogP contribution >= 0.6 is 0 Å². The fourth-order valence-corrected chi connectivity index (χ4v) is 2.92. The summed E-state index contributed by atoms with van der Waals surface area (Å²) in [5.41, 5.74) is 0.757. The number of amides is 1. The van der Waals surface area contributed by atoms with Gasteiger partial charge in [0, 0.05) is 12.6 Å². The van der Waals surface area contributed by atoms with Crippen LogP contribution in [0.2, 0.25) is 0 Å². The fourth-order valence-electron chi connectivity index (χ4n) is 2.92. The molecular formula is C17H26N2O2.